The van der Waals surface area contributed by atoms with Gasteiger partial charge in [0, 0.05) is 19.1 Å². The van der Waals surface area contributed by atoms with E-state index in [1.165, 1.54) is 12.8 Å². The Morgan fingerprint density at radius 3 is 2.82 bits per heavy atom. The Hall–Kier alpha value is -1.36. The third kappa shape index (κ3) is 2.66. The van der Waals surface area contributed by atoms with E-state index >= 15 is 0 Å². The molecule has 1 saturated carbocycles. The Balaban J connectivity index is 2.14. The van der Waals surface area contributed by atoms with Gasteiger partial charge in [-0.15, -0.1) is 0 Å². The van der Waals surface area contributed by atoms with Crippen LogP contribution in [0.4, 0.5) is 5.82 Å². The van der Waals surface area contributed by atoms with Gasteiger partial charge in [0.1, 0.15) is 0 Å². The van der Waals surface area contributed by atoms with Crippen LogP contribution in [-0.4, -0.2) is 36.2 Å². The zero-order valence-electron chi connectivity index (χ0n) is 10.5. The Labute approximate surface area is 102 Å². The minimum atomic E-state index is 0.224. The van der Waals surface area contributed by atoms with E-state index in [0.29, 0.717) is 11.9 Å². The highest BCUT2D eigenvalue weighted by Crippen LogP contribution is 2.24. The fraction of sp³-hybridized carbons (Fsp3) is 0.667. The van der Waals surface area contributed by atoms with E-state index in [4.69, 9.17) is 10.5 Å². The molecular weight excluding hydrogens is 216 g/mol. The fourth-order valence-corrected chi connectivity index (χ4v) is 2.40. The topological polar surface area (TPSA) is 64.3 Å². The number of ether oxygens (including phenoxy) is 1. The average Bonchev–Trinajstić information content (AvgIpc) is 2.38. The van der Waals surface area contributed by atoms with E-state index in [2.05, 4.69) is 14.9 Å². The molecule has 1 aliphatic rings. The third-order valence-corrected chi connectivity index (χ3v) is 3.45. The number of likely N-dealkylation sites (N-methyl/N-ethyl adjacent to an activating group) is 1. The lowest BCUT2D eigenvalue weighted by Crippen LogP contribution is -2.48. The number of nitrogens with zero attached hydrogens (tertiary/aromatic N) is 3. The van der Waals surface area contributed by atoms with Crippen LogP contribution in [0.15, 0.2) is 12.4 Å². The molecule has 0 saturated heterocycles. The van der Waals surface area contributed by atoms with Crippen LogP contribution in [0.1, 0.15) is 25.7 Å². The summed E-state index contributed by atoms with van der Waals surface area (Å²) >= 11 is 0. The van der Waals surface area contributed by atoms with Gasteiger partial charge in [-0.3, -0.25) is 4.98 Å². The van der Waals surface area contributed by atoms with Crippen molar-refractivity contribution in [3.8, 4) is 5.88 Å². The van der Waals surface area contributed by atoms with Gasteiger partial charge in [0.05, 0.1) is 19.5 Å². The van der Waals surface area contributed by atoms with E-state index in [1.807, 2.05) is 7.05 Å². The van der Waals surface area contributed by atoms with Crippen LogP contribution in [0.5, 0.6) is 5.88 Å². The summed E-state index contributed by atoms with van der Waals surface area (Å²) in [7, 11) is 3.62. The first-order valence-electron chi connectivity index (χ1n) is 6.07. The first kappa shape index (κ1) is 12.1. The van der Waals surface area contributed by atoms with Gasteiger partial charge < -0.3 is 15.4 Å². The number of rotatable bonds is 3. The van der Waals surface area contributed by atoms with Crippen molar-refractivity contribution in [2.24, 2.45) is 5.73 Å². The zero-order chi connectivity index (χ0) is 12.3. The van der Waals surface area contributed by atoms with Crippen molar-refractivity contribution in [3.05, 3.63) is 12.4 Å². The van der Waals surface area contributed by atoms with Gasteiger partial charge in [-0.1, -0.05) is 12.8 Å². The SMILES string of the molecule is COc1cncc(N(C)C2CCCCC2N)n1. The lowest BCUT2D eigenvalue weighted by molar-refractivity contribution is 0.368. The molecule has 1 aliphatic carbocycles. The molecule has 1 aromatic heterocycles. The highest BCUT2D eigenvalue weighted by molar-refractivity contribution is 5.38. The summed E-state index contributed by atoms with van der Waals surface area (Å²) in [5.74, 6) is 1.37. The standard InChI is InChI=1S/C12H20N4O/c1-16(10-6-4-3-5-9(10)13)11-7-14-8-12(15-11)17-2/h7-10H,3-6,13H2,1-2H3. The van der Waals surface area contributed by atoms with Crippen LogP contribution in [0.3, 0.4) is 0 Å². The summed E-state index contributed by atoms with van der Waals surface area (Å²) in [6.07, 6.45) is 8.04. The largest absolute Gasteiger partial charge is 0.480 e. The number of methoxy groups -OCH3 is 1. The summed E-state index contributed by atoms with van der Waals surface area (Å²) in [4.78, 5) is 10.6. The molecule has 0 radical (unpaired) electrons. The molecule has 5 nitrogen and oxygen atoms in total. The molecule has 2 N–H and O–H groups in total. The predicted octanol–water partition coefficient (Wildman–Crippen LogP) is 1.19. The second-order valence-electron chi connectivity index (χ2n) is 4.55. The lowest BCUT2D eigenvalue weighted by Gasteiger charge is -2.36. The van der Waals surface area contributed by atoms with Gasteiger partial charge in [-0.05, 0) is 12.8 Å². The first-order chi connectivity index (χ1) is 8.22. The summed E-state index contributed by atoms with van der Waals surface area (Å²) in [6, 6.07) is 0.576. The number of anilines is 1. The Bertz CT molecular complexity index is 371. The van der Waals surface area contributed by atoms with Crippen molar-refractivity contribution in [1.29, 1.82) is 0 Å². The molecule has 0 amide bonds. The molecule has 0 bridgehead atoms. The van der Waals surface area contributed by atoms with Crippen LogP contribution in [0, 0.1) is 0 Å². The van der Waals surface area contributed by atoms with Crippen LogP contribution >= 0.6 is 0 Å². The normalized spacial score (nSPS) is 24.4. The molecule has 2 atom stereocenters. The van der Waals surface area contributed by atoms with Crippen molar-refractivity contribution >= 4 is 5.82 Å². The average molecular weight is 236 g/mol. The van der Waals surface area contributed by atoms with Crippen molar-refractivity contribution < 1.29 is 4.74 Å². The first-order valence-corrected chi connectivity index (χ1v) is 6.07. The van der Waals surface area contributed by atoms with Crippen molar-refractivity contribution in [3.63, 3.8) is 0 Å². The Morgan fingerprint density at radius 1 is 1.35 bits per heavy atom. The van der Waals surface area contributed by atoms with E-state index in [1.54, 1.807) is 19.5 Å². The molecule has 1 fully saturated rings. The second kappa shape index (κ2) is 5.31. The third-order valence-electron chi connectivity index (χ3n) is 3.45. The van der Waals surface area contributed by atoms with Gasteiger partial charge >= 0.3 is 0 Å². The molecule has 1 aromatic rings. The van der Waals surface area contributed by atoms with E-state index in [-0.39, 0.29) is 6.04 Å². The quantitative estimate of drug-likeness (QED) is 0.854. The predicted molar refractivity (Wildman–Crippen MR) is 67.2 cm³/mol. The van der Waals surface area contributed by atoms with Gasteiger partial charge in [0.15, 0.2) is 5.82 Å². The minimum Gasteiger partial charge on any atom is -0.480 e. The minimum absolute atomic E-state index is 0.224. The Morgan fingerprint density at radius 2 is 2.12 bits per heavy atom. The summed E-state index contributed by atoms with van der Waals surface area (Å²) < 4.78 is 5.09. The van der Waals surface area contributed by atoms with Crippen LogP contribution in [0.2, 0.25) is 0 Å². The molecule has 0 aliphatic heterocycles. The summed E-state index contributed by atoms with van der Waals surface area (Å²) in [5, 5.41) is 0. The van der Waals surface area contributed by atoms with E-state index in [9.17, 15) is 0 Å². The molecule has 5 heteroatoms. The van der Waals surface area contributed by atoms with Crippen molar-refractivity contribution in [1.82, 2.24) is 9.97 Å². The van der Waals surface area contributed by atoms with E-state index in [0.717, 1.165) is 18.7 Å². The molecule has 0 spiro atoms. The number of nitrogens with two attached hydrogens (primary N) is 1. The molecule has 1 heterocycles. The van der Waals surface area contributed by atoms with Crippen LogP contribution in [-0.2, 0) is 0 Å². The highest BCUT2D eigenvalue weighted by atomic mass is 16.5. The van der Waals surface area contributed by atoms with Crippen molar-refractivity contribution in [2.75, 3.05) is 19.1 Å². The monoisotopic (exact) mass is 236 g/mol. The maximum atomic E-state index is 6.17. The Kier molecular flexibility index (Phi) is 3.78. The van der Waals surface area contributed by atoms with Gasteiger partial charge in [0.2, 0.25) is 5.88 Å². The maximum Gasteiger partial charge on any atom is 0.233 e. The molecule has 0 aromatic carbocycles. The van der Waals surface area contributed by atoms with Gasteiger partial charge in [-0.2, -0.15) is 4.98 Å². The summed E-state index contributed by atoms with van der Waals surface area (Å²) in [5.41, 5.74) is 6.17. The fourth-order valence-electron chi connectivity index (χ4n) is 2.40. The van der Waals surface area contributed by atoms with E-state index < -0.39 is 0 Å². The number of hydrogen-bond donors (Lipinski definition) is 1. The smallest absolute Gasteiger partial charge is 0.233 e. The second-order valence-corrected chi connectivity index (χ2v) is 4.55. The van der Waals surface area contributed by atoms with Crippen LogP contribution < -0.4 is 15.4 Å². The van der Waals surface area contributed by atoms with Crippen molar-refractivity contribution in [2.45, 2.75) is 37.8 Å². The molecule has 94 valence electrons. The molecule has 2 rings (SSSR count). The van der Waals surface area contributed by atoms with Gasteiger partial charge in [0.25, 0.3) is 0 Å². The highest BCUT2D eigenvalue weighted by Gasteiger charge is 2.26. The van der Waals surface area contributed by atoms with Gasteiger partial charge in [-0.25, -0.2) is 0 Å². The molecular formula is C12H20N4O. The molecule has 2 unspecified atom stereocenters. The zero-order valence-corrected chi connectivity index (χ0v) is 10.5. The number of aromatic nitrogens is 2. The number of hydrogen-bond acceptors (Lipinski definition) is 5. The molecule has 17 heavy (non-hydrogen) atoms. The lowest BCUT2D eigenvalue weighted by atomic mass is 9.90. The summed E-state index contributed by atoms with van der Waals surface area (Å²) in [6.45, 7) is 0. The van der Waals surface area contributed by atoms with Crippen LogP contribution in [0.25, 0.3) is 0 Å². The maximum absolute atomic E-state index is 6.17.